The highest BCUT2D eigenvalue weighted by atomic mass is 79.9. The van der Waals surface area contributed by atoms with E-state index >= 15 is 0 Å². The second-order valence-corrected chi connectivity index (χ2v) is 7.80. The molecule has 6 nitrogen and oxygen atoms in total. The molecule has 1 aromatic heterocycles. The molecule has 27 heavy (non-hydrogen) atoms. The van der Waals surface area contributed by atoms with Crippen LogP contribution in [-0.2, 0) is 11.8 Å². The first kappa shape index (κ1) is 19.6. The summed E-state index contributed by atoms with van der Waals surface area (Å²) < 4.78 is 2.86. The second kappa shape index (κ2) is 9.16. The van der Waals surface area contributed by atoms with Gasteiger partial charge < -0.3 is 4.57 Å². The van der Waals surface area contributed by atoms with Crippen molar-refractivity contribution >= 4 is 51.4 Å². The van der Waals surface area contributed by atoms with Crippen molar-refractivity contribution in [1.82, 2.24) is 20.2 Å². The lowest BCUT2D eigenvalue weighted by atomic mass is 10.2. The number of nitrogens with zero attached hydrogens (tertiary/aromatic N) is 4. The summed E-state index contributed by atoms with van der Waals surface area (Å²) in [4.78, 5) is 12.0. The maximum Gasteiger partial charge on any atom is 0.250 e. The molecule has 0 aliphatic rings. The number of hydrazone groups is 1. The molecule has 9 heteroatoms. The fraction of sp³-hybridized carbons (Fsp3) is 0.111. The van der Waals surface area contributed by atoms with E-state index in [1.165, 1.54) is 11.8 Å². The number of nitrogens with one attached hydrogen (secondary N) is 1. The minimum atomic E-state index is -0.224. The maximum atomic E-state index is 12.0. The van der Waals surface area contributed by atoms with Gasteiger partial charge >= 0.3 is 0 Å². The van der Waals surface area contributed by atoms with E-state index in [1.807, 2.05) is 48.0 Å². The number of benzene rings is 2. The summed E-state index contributed by atoms with van der Waals surface area (Å²) in [7, 11) is 1.87. The molecular formula is C18H15BrClN5OS. The predicted molar refractivity (Wildman–Crippen MR) is 112 cm³/mol. The molecule has 1 amide bonds. The standard InChI is InChI=1S/C18H15BrClN5OS/c1-25-17(13-4-6-14(19)7-5-13)23-24-18(25)27-11-16(26)22-21-10-12-2-8-15(20)9-3-12/h2-10H,11H2,1H3,(H,22,26)/b21-10-. The van der Waals surface area contributed by atoms with Crippen LogP contribution in [0.4, 0.5) is 0 Å². The Labute approximate surface area is 174 Å². The summed E-state index contributed by atoms with van der Waals surface area (Å²) in [5.74, 6) is 0.703. The molecule has 3 aromatic rings. The van der Waals surface area contributed by atoms with Gasteiger partial charge in [-0.25, -0.2) is 5.43 Å². The fourth-order valence-electron chi connectivity index (χ4n) is 2.18. The molecule has 3 rings (SSSR count). The highest BCUT2D eigenvalue weighted by molar-refractivity contribution is 9.10. The van der Waals surface area contributed by atoms with Gasteiger partial charge in [0, 0.05) is 22.1 Å². The zero-order chi connectivity index (χ0) is 19.2. The van der Waals surface area contributed by atoms with E-state index in [4.69, 9.17) is 11.6 Å². The van der Waals surface area contributed by atoms with Crippen molar-refractivity contribution in [3.63, 3.8) is 0 Å². The minimum Gasteiger partial charge on any atom is -0.305 e. The summed E-state index contributed by atoms with van der Waals surface area (Å²) >= 11 is 10.5. The van der Waals surface area contributed by atoms with E-state index in [0.717, 1.165) is 21.4 Å². The summed E-state index contributed by atoms with van der Waals surface area (Å²) in [6, 6.07) is 15.0. The predicted octanol–water partition coefficient (Wildman–Crippen LogP) is 4.14. The third kappa shape index (κ3) is 5.41. The number of carbonyl (C=O) groups excluding carboxylic acids is 1. The van der Waals surface area contributed by atoms with Crippen LogP contribution in [0.1, 0.15) is 5.56 Å². The first-order chi connectivity index (χ1) is 13.0. The van der Waals surface area contributed by atoms with Gasteiger partial charge in [0.05, 0.1) is 12.0 Å². The molecule has 0 aliphatic heterocycles. The van der Waals surface area contributed by atoms with Crippen LogP contribution in [0.5, 0.6) is 0 Å². The quantitative estimate of drug-likeness (QED) is 0.338. The monoisotopic (exact) mass is 463 g/mol. The lowest BCUT2D eigenvalue weighted by Gasteiger charge is -2.04. The first-order valence-corrected chi connectivity index (χ1v) is 10.0. The number of halogens is 2. The zero-order valence-electron chi connectivity index (χ0n) is 14.3. The van der Waals surface area contributed by atoms with Gasteiger partial charge in [-0.05, 0) is 29.8 Å². The van der Waals surface area contributed by atoms with E-state index in [1.54, 1.807) is 18.3 Å². The molecule has 1 N–H and O–H groups in total. The van der Waals surface area contributed by atoms with E-state index in [0.29, 0.717) is 10.2 Å². The van der Waals surface area contributed by atoms with Crippen molar-refractivity contribution in [2.75, 3.05) is 5.75 Å². The molecule has 0 fully saturated rings. The van der Waals surface area contributed by atoms with E-state index in [9.17, 15) is 4.79 Å². The Morgan fingerprint density at radius 1 is 1.22 bits per heavy atom. The van der Waals surface area contributed by atoms with E-state index in [2.05, 4.69) is 36.7 Å². The smallest absolute Gasteiger partial charge is 0.250 e. The Hall–Kier alpha value is -2.16. The van der Waals surface area contributed by atoms with Crippen molar-refractivity contribution in [3.05, 3.63) is 63.6 Å². The van der Waals surface area contributed by atoms with Gasteiger partial charge in [-0.3, -0.25) is 4.79 Å². The molecule has 0 radical (unpaired) electrons. The van der Waals surface area contributed by atoms with Crippen LogP contribution in [0.2, 0.25) is 5.02 Å². The molecule has 0 saturated heterocycles. The van der Waals surface area contributed by atoms with Crippen LogP contribution in [0.25, 0.3) is 11.4 Å². The largest absolute Gasteiger partial charge is 0.305 e. The normalized spacial score (nSPS) is 11.1. The third-order valence-corrected chi connectivity index (χ3v) is 5.34. The van der Waals surface area contributed by atoms with E-state index < -0.39 is 0 Å². The molecule has 0 spiro atoms. The van der Waals surface area contributed by atoms with E-state index in [-0.39, 0.29) is 11.7 Å². The Kier molecular flexibility index (Phi) is 6.65. The van der Waals surface area contributed by atoms with Crippen molar-refractivity contribution in [2.45, 2.75) is 5.16 Å². The molecule has 0 bridgehead atoms. The third-order valence-electron chi connectivity index (χ3n) is 3.54. The molecule has 2 aromatic carbocycles. The Morgan fingerprint density at radius 3 is 2.63 bits per heavy atom. The summed E-state index contributed by atoms with van der Waals surface area (Å²) in [6.07, 6.45) is 1.56. The average molecular weight is 465 g/mol. The lowest BCUT2D eigenvalue weighted by molar-refractivity contribution is -0.118. The van der Waals surface area contributed by atoms with Crippen LogP contribution < -0.4 is 5.43 Å². The van der Waals surface area contributed by atoms with Gasteiger partial charge in [-0.15, -0.1) is 10.2 Å². The van der Waals surface area contributed by atoms with Gasteiger partial charge in [0.25, 0.3) is 5.91 Å². The molecular weight excluding hydrogens is 450 g/mol. The number of thioether (sulfide) groups is 1. The topological polar surface area (TPSA) is 72.2 Å². The Balaban J connectivity index is 1.54. The van der Waals surface area contributed by atoms with Crippen molar-refractivity contribution in [2.24, 2.45) is 12.1 Å². The first-order valence-electron chi connectivity index (χ1n) is 7.88. The molecule has 0 aliphatic carbocycles. The van der Waals surface area contributed by atoms with Gasteiger partial charge in [0.2, 0.25) is 0 Å². The average Bonchev–Trinajstić information content (AvgIpc) is 3.03. The van der Waals surface area contributed by atoms with Crippen LogP contribution in [-0.4, -0.2) is 32.6 Å². The van der Waals surface area contributed by atoms with Crippen molar-refractivity contribution in [3.8, 4) is 11.4 Å². The number of aromatic nitrogens is 3. The van der Waals surface area contributed by atoms with Crippen molar-refractivity contribution < 1.29 is 4.79 Å². The molecule has 1 heterocycles. The highest BCUT2D eigenvalue weighted by Crippen LogP contribution is 2.23. The lowest BCUT2D eigenvalue weighted by Crippen LogP contribution is -2.19. The number of carbonyl (C=O) groups is 1. The highest BCUT2D eigenvalue weighted by Gasteiger charge is 2.12. The number of hydrogen-bond acceptors (Lipinski definition) is 5. The summed E-state index contributed by atoms with van der Waals surface area (Å²) in [6.45, 7) is 0. The van der Waals surface area contributed by atoms with Crippen LogP contribution in [0.15, 0.2) is 63.3 Å². The SMILES string of the molecule is Cn1c(SCC(=O)N/N=C\c2ccc(Cl)cc2)nnc1-c1ccc(Br)cc1. The number of hydrogen-bond donors (Lipinski definition) is 1. The van der Waals surface area contributed by atoms with Gasteiger partial charge in [-0.1, -0.05) is 63.6 Å². The second-order valence-electron chi connectivity index (χ2n) is 5.51. The molecule has 138 valence electrons. The van der Waals surface area contributed by atoms with Crippen LogP contribution >= 0.6 is 39.3 Å². The molecule has 0 unspecified atom stereocenters. The molecule has 0 saturated carbocycles. The molecule has 0 atom stereocenters. The Bertz CT molecular complexity index is 957. The van der Waals surface area contributed by atoms with Gasteiger partial charge in [0.15, 0.2) is 11.0 Å². The summed E-state index contributed by atoms with van der Waals surface area (Å²) in [5, 5.41) is 13.6. The fourth-order valence-corrected chi connectivity index (χ4v) is 3.27. The maximum absolute atomic E-state index is 12.0. The Morgan fingerprint density at radius 2 is 1.93 bits per heavy atom. The van der Waals surface area contributed by atoms with Gasteiger partial charge in [-0.2, -0.15) is 5.10 Å². The van der Waals surface area contributed by atoms with Crippen LogP contribution in [0.3, 0.4) is 0 Å². The van der Waals surface area contributed by atoms with Gasteiger partial charge in [0.1, 0.15) is 0 Å². The summed E-state index contributed by atoms with van der Waals surface area (Å²) in [5.41, 5.74) is 4.30. The zero-order valence-corrected chi connectivity index (χ0v) is 17.4. The minimum absolute atomic E-state index is 0.185. The number of rotatable bonds is 6. The van der Waals surface area contributed by atoms with Crippen LogP contribution in [0, 0.1) is 0 Å². The van der Waals surface area contributed by atoms with Crippen molar-refractivity contribution in [1.29, 1.82) is 0 Å². The number of amides is 1.